The van der Waals surface area contributed by atoms with Crippen molar-refractivity contribution in [3.63, 3.8) is 0 Å². The minimum atomic E-state index is -0.333. The van der Waals surface area contributed by atoms with Gasteiger partial charge in [-0.05, 0) is 6.92 Å². The Morgan fingerprint density at radius 2 is 2.47 bits per heavy atom. The van der Waals surface area contributed by atoms with Crippen LogP contribution < -0.4 is 15.8 Å². The molecule has 5 nitrogen and oxygen atoms in total. The van der Waals surface area contributed by atoms with Crippen LogP contribution in [0.2, 0.25) is 5.02 Å². The molecule has 15 heavy (non-hydrogen) atoms. The Bertz CT molecular complexity index is 405. The molecule has 2 heterocycles. The second kappa shape index (κ2) is 4.20. The van der Waals surface area contributed by atoms with Gasteiger partial charge in [-0.15, -0.1) is 0 Å². The molecular formula is C9H13ClN4O. The minimum absolute atomic E-state index is 0.221. The second-order valence-corrected chi connectivity index (χ2v) is 4.02. The van der Waals surface area contributed by atoms with E-state index in [0.717, 1.165) is 25.3 Å². The lowest BCUT2D eigenvalue weighted by Crippen LogP contribution is -2.50. The number of H-pyrrole nitrogens is 1. The second-order valence-electron chi connectivity index (χ2n) is 3.64. The van der Waals surface area contributed by atoms with Crippen LogP contribution in [0.5, 0.6) is 0 Å². The average molecular weight is 229 g/mol. The molecule has 82 valence electrons. The maximum Gasteiger partial charge on any atom is 0.285 e. The molecule has 1 saturated heterocycles. The van der Waals surface area contributed by atoms with Crippen LogP contribution in [0.25, 0.3) is 0 Å². The summed E-state index contributed by atoms with van der Waals surface area (Å²) in [7, 11) is 0. The molecule has 1 aromatic rings. The first-order valence-corrected chi connectivity index (χ1v) is 5.28. The van der Waals surface area contributed by atoms with Crippen molar-refractivity contribution in [2.24, 2.45) is 0 Å². The summed E-state index contributed by atoms with van der Waals surface area (Å²) in [6.07, 6.45) is 1.60. The van der Waals surface area contributed by atoms with Crippen LogP contribution in [-0.2, 0) is 0 Å². The lowest BCUT2D eigenvalue weighted by molar-refractivity contribution is 0.500. The van der Waals surface area contributed by atoms with Crippen molar-refractivity contribution >= 4 is 17.3 Å². The van der Waals surface area contributed by atoms with E-state index in [2.05, 4.69) is 27.3 Å². The van der Waals surface area contributed by atoms with Crippen molar-refractivity contribution in [2.45, 2.75) is 13.0 Å². The smallest absolute Gasteiger partial charge is 0.285 e. The number of hydrogen-bond donors (Lipinski definition) is 2. The fourth-order valence-electron chi connectivity index (χ4n) is 1.77. The summed E-state index contributed by atoms with van der Waals surface area (Å²) in [5, 5.41) is 9.58. The van der Waals surface area contributed by atoms with Gasteiger partial charge in [0.05, 0.1) is 11.9 Å². The van der Waals surface area contributed by atoms with Gasteiger partial charge in [0, 0.05) is 25.7 Å². The van der Waals surface area contributed by atoms with E-state index in [9.17, 15) is 4.79 Å². The van der Waals surface area contributed by atoms with Gasteiger partial charge >= 0.3 is 0 Å². The van der Waals surface area contributed by atoms with E-state index in [1.165, 1.54) is 0 Å². The van der Waals surface area contributed by atoms with E-state index < -0.39 is 0 Å². The third-order valence-electron chi connectivity index (χ3n) is 2.59. The number of rotatable bonds is 1. The van der Waals surface area contributed by atoms with Gasteiger partial charge in [0.25, 0.3) is 5.56 Å². The molecule has 0 bridgehead atoms. The van der Waals surface area contributed by atoms with Crippen LogP contribution in [0.3, 0.4) is 0 Å². The number of aromatic nitrogens is 2. The van der Waals surface area contributed by atoms with Crippen molar-refractivity contribution in [2.75, 3.05) is 24.5 Å². The van der Waals surface area contributed by atoms with Crippen molar-refractivity contribution < 1.29 is 0 Å². The molecule has 1 atom stereocenters. The molecule has 1 fully saturated rings. The van der Waals surface area contributed by atoms with E-state index in [0.29, 0.717) is 6.04 Å². The normalized spacial score (nSPS) is 21.7. The first kappa shape index (κ1) is 10.4. The van der Waals surface area contributed by atoms with Gasteiger partial charge in [-0.2, -0.15) is 5.10 Å². The maximum atomic E-state index is 11.3. The number of anilines is 1. The number of piperazine rings is 1. The van der Waals surface area contributed by atoms with Gasteiger partial charge in [-0.3, -0.25) is 4.79 Å². The number of nitrogens with one attached hydrogen (secondary N) is 2. The molecular weight excluding hydrogens is 216 g/mol. The Kier molecular flexibility index (Phi) is 2.93. The predicted molar refractivity (Wildman–Crippen MR) is 59.5 cm³/mol. The number of hydrogen-bond acceptors (Lipinski definition) is 4. The number of nitrogens with zero attached hydrogens (tertiary/aromatic N) is 2. The number of halogens is 1. The van der Waals surface area contributed by atoms with E-state index in [4.69, 9.17) is 11.6 Å². The van der Waals surface area contributed by atoms with Crippen LogP contribution in [0.15, 0.2) is 11.0 Å². The largest absolute Gasteiger partial charge is 0.364 e. The van der Waals surface area contributed by atoms with Crippen LogP contribution in [0.4, 0.5) is 5.69 Å². The first-order chi connectivity index (χ1) is 7.20. The molecule has 0 saturated carbocycles. The summed E-state index contributed by atoms with van der Waals surface area (Å²) < 4.78 is 0. The summed E-state index contributed by atoms with van der Waals surface area (Å²) in [4.78, 5) is 13.4. The Labute approximate surface area is 92.4 Å². The van der Waals surface area contributed by atoms with Crippen molar-refractivity contribution in [3.05, 3.63) is 21.6 Å². The first-order valence-electron chi connectivity index (χ1n) is 4.90. The topological polar surface area (TPSA) is 61.0 Å². The zero-order valence-electron chi connectivity index (χ0n) is 8.46. The zero-order valence-corrected chi connectivity index (χ0v) is 9.21. The molecule has 1 aromatic heterocycles. The number of aromatic amines is 1. The fraction of sp³-hybridized carbons (Fsp3) is 0.556. The van der Waals surface area contributed by atoms with Gasteiger partial charge in [0.2, 0.25) is 0 Å². The lowest BCUT2D eigenvalue weighted by atomic mass is 10.2. The van der Waals surface area contributed by atoms with Crippen molar-refractivity contribution in [3.8, 4) is 0 Å². The highest BCUT2D eigenvalue weighted by Gasteiger charge is 2.21. The van der Waals surface area contributed by atoms with Crippen molar-refractivity contribution in [1.29, 1.82) is 0 Å². The van der Waals surface area contributed by atoms with E-state index in [-0.39, 0.29) is 10.6 Å². The van der Waals surface area contributed by atoms with Crippen LogP contribution in [0, 0.1) is 0 Å². The van der Waals surface area contributed by atoms with Crippen LogP contribution in [-0.4, -0.2) is 35.9 Å². The molecule has 0 aromatic carbocycles. The molecule has 0 radical (unpaired) electrons. The van der Waals surface area contributed by atoms with E-state index >= 15 is 0 Å². The molecule has 2 N–H and O–H groups in total. The van der Waals surface area contributed by atoms with E-state index in [1.54, 1.807) is 6.20 Å². The fourth-order valence-corrected chi connectivity index (χ4v) is 1.97. The van der Waals surface area contributed by atoms with Gasteiger partial charge in [0.15, 0.2) is 0 Å². The highest BCUT2D eigenvalue weighted by Crippen LogP contribution is 2.22. The summed E-state index contributed by atoms with van der Waals surface area (Å²) in [6.45, 7) is 4.71. The van der Waals surface area contributed by atoms with Crippen LogP contribution >= 0.6 is 11.6 Å². The minimum Gasteiger partial charge on any atom is -0.364 e. The summed E-state index contributed by atoms with van der Waals surface area (Å²) in [5.41, 5.74) is 0.384. The molecule has 6 heteroatoms. The molecule has 0 unspecified atom stereocenters. The summed E-state index contributed by atoms with van der Waals surface area (Å²) in [5.74, 6) is 0. The molecule has 1 aliphatic rings. The predicted octanol–water partition coefficient (Wildman–Crippen LogP) is 0.221. The van der Waals surface area contributed by atoms with Crippen molar-refractivity contribution in [1.82, 2.24) is 15.5 Å². The Balaban J connectivity index is 2.35. The highest BCUT2D eigenvalue weighted by atomic mass is 35.5. The molecule has 0 aliphatic carbocycles. The monoisotopic (exact) mass is 228 g/mol. The van der Waals surface area contributed by atoms with Gasteiger partial charge < -0.3 is 10.2 Å². The molecule has 1 aliphatic heterocycles. The van der Waals surface area contributed by atoms with E-state index in [1.807, 2.05) is 0 Å². The summed E-state index contributed by atoms with van der Waals surface area (Å²) in [6, 6.07) is 0.319. The quantitative estimate of drug-likeness (QED) is 0.722. The third-order valence-corrected chi connectivity index (χ3v) is 2.95. The Morgan fingerprint density at radius 1 is 1.67 bits per heavy atom. The Morgan fingerprint density at radius 3 is 3.20 bits per heavy atom. The van der Waals surface area contributed by atoms with Gasteiger partial charge in [-0.25, -0.2) is 5.10 Å². The third kappa shape index (κ3) is 1.98. The van der Waals surface area contributed by atoms with Crippen LogP contribution in [0.1, 0.15) is 6.92 Å². The van der Waals surface area contributed by atoms with Gasteiger partial charge in [0.1, 0.15) is 5.02 Å². The Hall–Kier alpha value is -1.07. The highest BCUT2D eigenvalue weighted by molar-refractivity contribution is 6.33. The maximum absolute atomic E-state index is 11.3. The average Bonchev–Trinajstić information content (AvgIpc) is 2.23. The SMILES string of the molecule is C[C@@H]1CNCCN1c1cn[nH]c(=O)c1Cl. The molecule has 2 rings (SSSR count). The standard InChI is InChI=1S/C9H13ClN4O/c1-6-4-11-2-3-14(6)7-5-12-13-9(15)8(7)10/h5-6,11H,2-4H2,1H3,(H,13,15)/t6-/m1/s1. The van der Waals surface area contributed by atoms with Gasteiger partial charge in [-0.1, -0.05) is 11.6 Å². The molecule has 0 amide bonds. The lowest BCUT2D eigenvalue weighted by Gasteiger charge is -2.35. The molecule has 0 spiro atoms. The zero-order chi connectivity index (χ0) is 10.8. The summed E-state index contributed by atoms with van der Waals surface area (Å²) >= 11 is 5.95.